The van der Waals surface area contributed by atoms with Gasteiger partial charge in [-0.05, 0) is 18.4 Å². The van der Waals surface area contributed by atoms with Gasteiger partial charge in [0.2, 0.25) is 0 Å². The molecule has 5 nitrogen and oxygen atoms in total. The van der Waals surface area contributed by atoms with Crippen LogP contribution in [0.25, 0.3) is 0 Å². The van der Waals surface area contributed by atoms with E-state index in [2.05, 4.69) is 23.6 Å². The van der Waals surface area contributed by atoms with Gasteiger partial charge in [0.05, 0.1) is 4.92 Å². The van der Waals surface area contributed by atoms with Crippen molar-refractivity contribution in [2.45, 2.75) is 0 Å². The van der Waals surface area contributed by atoms with Crippen LogP contribution >= 0.6 is 0 Å². The van der Waals surface area contributed by atoms with Gasteiger partial charge in [-0.2, -0.15) is 0 Å². The number of benzene rings is 1. The maximum atomic E-state index is 13.5. The van der Waals surface area contributed by atoms with Gasteiger partial charge in [-0.3, -0.25) is 15.1 Å². The van der Waals surface area contributed by atoms with E-state index in [0.29, 0.717) is 5.57 Å². The molecule has 0 radical (unpaired) electrons. The van der Waals surface area contributed by atoms with Crippen LogP contribution in [-0.4, -0.2) is 18.2 Å². The van der Waals surface area contributed by atoms with Crippen molar-refractivity contribution in [1.82, 2.24) is 0 Å². The number of nitrogens with zero attached hydrogens (tertiary/aromatic N) is 2. The topological polar surface area (TPSA) is 67.5 Å². The third-order valence-corrected chi connectivity index (χ3v) is 2.18. The lowest BCUT2D eigenvalue weighted by Crippen LogP contribution is -2.07. The molecule has 0 fully saturated rings. The lowest BCUT2D eigenvalue weighted by atomic mass is 10.2. The number of nitrogens with one attached hydrogen (secondary N) is 1. The summed E-state index contributed by atoms with van der Waals surface area (Å²) in [6.07, 6.45) is 2.95. The van der Waals surface area contributed by atoms with Crippen LogP contribution in [0.1, 0.15) is 0 Å². The minimum atomic E-state index is -0.681. The molecule has 0 spiro atoms. The number of nitro groups is 1. The van der Waals surface area contributed by atoms with E-state index in [1.165, 1.54) is 24.4 Å². The summed E-state index contributed by atoms with van der Waals surface area (Å²) in [5, 5.41) is 13.4. The molecule has 0 amide bonds. The highest BCUT2D eigenvalue weighted by Crippen LogP contribution is 2.27. The van der Waals surface area contributed by atoms with Crippen LogP contribution in [0.4, 0.5) is 15.8 Å². The first kappa shape index (κ1) is 13.6. The number of nitro benzene ring substituents is 1. The highest BCUT2D eigenvalue weighted by molar-refractivity contribution is 5.62. The van der Waals surface area contributed by atoms with E-state index < -0.39 is 10.7 Å². The van der Waals surface area contributed by atoms with Gasteiger partial charge in [0.15, 0.2) is 5.82 Å². The average molecular weight is 249 g/mol. The fourth-order valence-corrected chi connectivity index (χ4v) is 1.32. The quantitative estimate of drug-likeness (QED) is 0.365. The van der Waals surface area contributed by atoms with Crippen molar-refractivity contribution >= 4 is 18.1 Å². The summed E-state index contributed by atoms with van der Waals surface area (Å²) in [7, 11) is 0. The zero-order valence-electron chi connectivity index (χ0n) is 9.60. The van der Waals surface area contributed by atoms with Gasteiger partial charge in [0, 0.05) is 18.8 Å². The minimum absolute atomic E-state index is 0.153. The van der Waals surface area contributed by atoms with E-state index in [1.807, 2.05) is 0 Å². The molecule has 0 atom stereocenters. The molecule has 94 valence electrons. The Balaban J connectivity index is 2.97. The van der Waals surface area contributed by atoms with Gasteiger partial charge in [-0.25, -0.2) is 4.39 Å². The normalized spacial score (nSPS) is 10.8. The molecular weight excluding hydrogens is 237 g/mol. The van der Waals surface area contributed by atoms with E-state index >= 15 is 0 Å². The number of anilines is 1. The van der Waals surface area contributed by atoms with E-state index in [-0.39, 0.29) is 17.9 Å². The zero-order chi connectivity index (χ0) is 13.5. The van der Waals surface area contributed by atoms with Crippen LogP contribution in [0.2, 0.25) is 0 Å². The van der Waals surface area contributed by atoms with E-state index in [4.69, 9.17) is 0 Å². The van der Waals surface area contributed by atoms with Crippen molar-refractivity contribution < 1.29 is 9.31 Å². The standard InChI is InChI=1S/C12H12FN3O2/c1-3-9(7-14-2)8-15-12-10(13)5-4-6-11(12)16(17)18/h3-7,15H,1-2,8H2/b9-7+. The lowest BCUT2D eigenvalue weighted by molar-refractivity contribution is -0.384. The Morgan fingerprint density at radius 3 is 2.89 bits per heavy atom. The van der Waals surface area contributed by atoms with E-state index in [9.17, 15) is 14.5 Å². The maximum Gasteiger partial charge on any atom is 0.295 e. The van der Waals surface area contributed by atoms with Crippen LogP contribution in [0, 0.1) is 15.9 Å². The number of hydrogen-bond acceptors (Lipinski definition) is 4. The van der Waals surface area contributed by atoms with Crippen molar-refractivity contribution in [3.05, 3.63) is 58.6 Å². The second kappa shape index (κ2) is 6.29. The molecule has 0 unspecified atom stereocenters. The average Bonchev–Trinajstić information content (AvgIpc) is 2.35. The fourth-order valence-electron chi connectivity index (χ4n) is 1.32. The fraction of sp³-hybridized carbons (Fsp3) is 0.0833. The smallest absolute Gasteiger partial charge is 0.295 e. The van der Waals surface area contributed by atoms with Gasteiger partial charge in [-0.15, -0.1) is 0 Å². The Hall–Kier alpha value is -2.50. The van der Waals surface area contributed by atoms with Gasteiger partial charge < -0.3 is 5.32 Å². The molecule has 0 aliphatic carbocycles. The molecule has 0 aliphatic heterocycles. The minimum Gasteiger partial charge on any atom is -0.373 e. The molecular formula is C12H12FN3O2. The van der Waals surface area contributed by atoms with Crippen molar-refractivity contribution in [1.29, 1.82) is 0 Å². The third-order valence-electron chi connectivity index (χ3n) is 2.18. The summed E-state index contributed by atoms with van der Waals surface area (Å²) in [6, 6.07) is 3.67. The molecule has 0 heterocycles. The predicted octanol–water partition coefficient (Wildman–Crippen LogP) is 2.92. The molecule has 0 bridgehead atoms. The van der Waals surface area contributed by atoms with Crippen molar-refractivity contribution in [3.8, 4) is 0 Å². The number of hydrogen-bond donors (Lipinski definition) is 1. The van der Waals surface area contributed by atoms with Crippen molar-refractivity contribution in [2.75, 3.05) is 11.9 Å². The van der Waals surface area contributed by atoms with Crippen LogP contribution in [0.5, 0.6) is 0 Å². The highest BCUT2D eigenvalue weighted by atomic mass is 19.1. The number of para-hydroxylation sites is 1. The molecule has 6 heteroatoms. The predicted molar refractivity (Wildman–Crippen MR) is 69.4 cm³/mol. The van der Waals surface area contributed by atoms with Gasteiger partial charge in [0.25, 0.3) is 5.69 Å². The van der Waals surface area contributed by atoms with Gasteiger partial charge >= 0.3 is 0 Å². The largest absolute Gasteiger partial charge is 0.373 e. The SMILES string of the molecule is C=C/C(=C\N=C)CNc1c(F)cccc1[N+](=O)[O-]. The number of aliphatic imine (C=N–C) groups is 1. The molecule has 1 aromatic carbocycles. The maximum absolute atomic E-state index is 13.5. The Morgan fingerprint density at radius 1 is 1.61 bits per heavy atom. The molecule has 0 saturated heterocycles. The summed E-state index contributed by atoms with van der Waals surface area (Å²) in [6.45, 7) is 7.00. The first-order valence-electron chi connectivity index (χ1n) is 5.04. The van der Waals surface area contributed by atoms with E-state index in [1.54, 1.807) is 0 Å². The molecule has 1 aromatic rings. The second-order valence-electron chi connectivity index (χ2n) is 3.34. The first-order chi connectivity index (χ1) is 8.60. The number of rotatable bonds is 6. The Kier molecular flexibility index (Phi) is 4.74. The molecule has 1 N–H and O–H groups in total. The summed E-state index contributed by atoms with van der Waals surface area (Å²) < 4.78 is 13.5. The summed E-state index contributed by atoms with van der Waals surface area (Å²) in [5.41, 5.74) is 0.173. The third kappa shape index (κ3) is 3.24. The molecule has 0 aliphatic rings. The Labute approximate surface area is 104 Å². The molecule has 1 rings (SSSR count). The zero-order valence-corrected chi connectivity index (χ0v) is 9.60. The van der Waals surface area contributed by atoms with Gasteiger partial charge in [0.1, 0.15) is 5.69 Å². The highest BCUT2D eigenvalue weighted by Gasteiger charge is 2.17. The Bertz CT molecular complexity index is 512. The first-order valence-corrected chi connectivity index (χ1v) is 5.04. The van der Waals surface area contributed by atoms with Crippen LogP contribution < -0.4 is 5.32 Å². The summed E-state index contributed by atoms with van der Waals surface area (Å²) in [5.74, 6) is -0.681. The van der Waals surface area contributed by atoms with Crippen LogP contribution in [0.15, 0.2) is 47.6 Å². The molecule has 0 saturated carbocycles. The van der Waals surface area contributed by atoms with Crippen LogP contribution in [0.3, 0.4) is 0 Å². The monoisotopic (exact) mass is 249 g/mol. The van der Waals surface area contributed by atoms with Crippen molar-refractivity contribution in [3.63, 3.8) is 0 Å². The summed E-state index contributed by atoms with van der Waals surface area (Å²) >= 11 is 0. The lowest BCUT2D eigenvalue weighted by Gasteiger charge is -2.08. The Morgan fingerprint density at radius 2 is 2.33 bits per heavy atom. The van der Waals surface area contributed by atoms with Crippen molar-refractivity contribution in [2.24, 2.45) is 4.99 Å². The second-order valence-corrected chi connectivity index (χ2v) is 3.34. The summed E-state index contributed by atoms with van der Waals surface area (Å²) in [4.78, 5) is 13.7. The molecule has 0 aromatic heterocycles. The number of halogens is 1. The van der Waals surface area contributed by atoms with E-state index in [0.717, 1.165) is 6.07 Å². The van der Waals surface area contributed by atoms with Crippen LogP contribution in [-0.2, 0) is 0 Å². The van der Waals surface area contributed by atoms with Gasteiger partial charge in [-0.1, -0.05) is 18.7 Å². The molecule has 18 heavy (non-hydrogen) atoms.